The van der Waals surface area contributed by atoms with Crippen LogP contribution in [0.15, 0.2) is 60.7 Å². The van der Waals surface area contributed by atoms with Crippen LogP contribution in [0.2, 0.25) is 18.1 Å². The van der Waals surface area contributed by atoms with Gasteiger partial charge in [0.25, 0.3) is 0 Å². The van der Waals surface area contributed by atoms with Crippen LogP contribution in [0.1, 0.15) is 53.5 Å². The third-order valence-corrected chi connectivity index (χ3v) is 11.2. The molecule has 2 atom stereocenters. The van der Waals surface area contributed by atoms with Crippen LogP contribution in [-0.2, 0) is 20.6 Å². The second kappa shape index (κ2) is 11.9. The van der Waals surface area contributed by atoms with Crippen LogP contribution >= 0.6 is 0 Å². The van der Waals surface area contributed by atoms with Crippen molar-refractivity contribution in [1.29, 1.82) is 0 Å². The number of hydrogen-bond donors (Lipinski definition) is 1. The van der Waals surface area contributed by atoms with Gasteiger partial charge in [-0.1, -0.05) is 83.1 Å². The number of ether oxygens (including phenoxy) is 2. The number of nitrogens with one attached hydrogen (secondary N) is 1. The molecule has 0 aliphatic carbocycles. The average molecular weight is 500 g/mol. The smallest absolute Gasteiger partial charge is 0.413 e. The normalized spacial score (nSPS) is 14.1. The molecule has 0 aliphatic rings. The second-order valence-corrected chi connectivity index (χ2v) is 16.0. The fraction of sp³-hybridized carbons (Fsp3) is 0.500. The Balaban J connectivity index is 2.17. The van der Waals surface area contributed by atoms with Crippen molar-refractivity contribution in [1.82, 2.24) is 5.32 Å². The van der Waals surface area contributed by atoms with Crippen molar-refractivity contribution in [3.63, 3.8) is 0 Å². The van der Waals surface area contributed by atoms with Crippen molar-refractivity contribution >= 4 is 20.4 Å². The average Bonchev–Trinajstić information content (AvgIpc) is 2.75. The molecule has 1 amide bonds. The van der Waals surface area contributed by atoms with Crippen LogP contribution in [-0.4, -0.2) is 32.5 Å². The number of hydrogen-bond acceptors (Lipinski definition) is 5. The predicted molar refractivity (Wildman–Crippen MR) is 142 cm³/mol. The molecule has 0 fully saturated rings. The molecule has 0 spiro atoms. The summed E-state index contributed by atoms with van der Waals surface area (Å²) in [5.74, 6) is -0.114. The van der Waals surface area contributed by atoms with E-state index in [1.165, 1.54) is 0 Å². The summed E-state index contributed by atoms with van der Waals surface area (Å²) < 4.78 is 17.6. The molecule has 0 radical (unpaired) electrons. The van der Waals surface area contributed by atoms with E-state index in [1.54, 1.807) is 24.3 Å². The third kappa shape index (κ3) is 8.82. The Morgan fingerprint density at radius 2 is 1.46 bits per heavy atom. The molecular weight excluding hydrogens is 458 g/mol. The van der Waals surface area contributed by atoms with Gasteiger partial charge in [-0.25, -0.2) is 9.59 Å². The first-order valence-corrected chi connectivity index (χ1v) is 15.0. The minimum atomic E-state index is -2.00. The maximum Gasteiger partial charge on any atom is 0.413 e. The molecule has 2 unspecified atom stereocenters. The van der Waals surface area contributed by atoms with Crippen LogP contribution < -0.4 is 10.1 Å². The summed E-state index contributed by atoms with van der Waals surface area (Å²) in [5, 5.41) is 2.83. The highest BCUT2D eigenvalue weighted by Crippen LogP contribution is 2.39. The fourth-order valence-corrected chi connectivity index (χ4v) is 5.15. The maximum absolute atomic E-state index is 13.3. The molecular formula is C28H41NO5Si. The second-order valence-electron chi connectivity index (χ2n) is 11.3. The van der Waals surface area contributed by atoms with Gasteiger partial charge in [0, 0.05) is 6.10 Å². The molecule has 0 bridgehead atoms. The lowest BCUT2D eigenvalue weighted by molar-refractivity contribution is -0.151. The largest absolute Gasteiger partial charge is 0.459 e. The zero-order chi connectivity index (χ0) is 26.3. The summed E-state index contributed by atoms with van der Waals surface area (Å²) in [6, 6.07) is 17.3. The molecule has 35 heavy (non-hydrogen) atoms. The summed E-state index contributed by atoms with van der Waals surface area (Å²) in [4.78, 5) is 26.0. The number of esters is 1. The highest BCUT2D eigenvalue weighted by Gasteiger charge is 2.43. The van der Waals surface area contributed by atoms with Gasteiger partial charge in [0.15, 0.2) is 8.32 Å². The topological polar surface area (TPSA) is 73.9 Å². The van der Waals surface area contributed by atoms with Gasteiger partial charge < -0.3 is 19.2 Å². The molecule has 2 aromatic rings. The monoisotopic (exact) mass is 499 g/mol. The molecule has 6 nitrogen and oxygen atoms in total. The van der Waals surface area contributed by atoms with E-state index in [0.29, 0.717) is 12.2 Å². The summed E-state index contributed by atoms with van der Waals surface area (Å²) in [5.41, 5.74) is 0.213. The number of amides is 1. The van der Waals surface area contributed by atoms with E-state index in [0.717, 1.165) is 5.56 Å². The van der Waals surface area contributed by atoms with E-state index in [1.807, 2.05) is 57.2 Å². The van der Waals surface area contributed by atoms with E-state index < -0.39 is 31.8 Å². The lowest BCUT2D eigenvalue weighted by atomic mass is 9.79. The molecule has 2 aromatic carbocycles. The highest BCUT2D eigenvalue weighted by atomic mass is 28.4. The molecule has 0 saturated heterocycles. The van der Waals surface area contributed by atoms with Crippen LogP contribution in [0.25, 0.3) is 0 Å². The summed E-state index contributed by atoms with van der Waals surface area (Å²) >= 11 is 0. The predicted octanol–water partition coefficient (Wildman–Crippen LogP) is 6.71. The Kier molecular flexibility index (Phi) is 9.69. The zero-order valence-electron chi connectivity index (χ0n) is 22.4. The summed E-state index contributed by atoms with van der Waals surface area (Å²) in [7, 11) is -2.00. The lowest BCUT2D eigenvalue weighted by Crippen LogP contribution is -2.53. The van der Waals surface area contributed by atoms with Gasteiger partial charge in [0.05, 0.1) is 0 Å². The molecule has 7 heteroatoms. The van der Waals surface area contributed by atoms with E-state index in [-0.39, 0.29) is 17.7 Å². The Bertz CT molecular complexity index is 954. The van der Waals surface area contributed by atoms with Gasteiger partial charge in [-0.05, 0) is 54.6 Å². The summed E-state index contributed by atoms with van der Waals surface area (Å²) in [6.07, 6.45) is -0.262. The first-order valence-electron chi connectivity index (χ1n) is 12.1. The maximum atomic E-state index is 13.3. The van der Waals surface area contributed by atoms with Crippen LogP contribution in [0.5, 0.6) is 5.75 Å². The number of benzene rings is 2. The van der Waals surface area contributed by atoms with Gasteiger partial charge in [0.1, 0.15) is 18.4 Å². The Morgan fingerprint density at radius 3 is 2.00 bits per heavy atom. The van der Waals surface area contributed by atoms with Crippen molar-refractivity contribution < 1.29 is 23.5 Å². The van der Waals surface area contributed by atoms with Gasteiger partial charge in [-0.2, -0.15) is 0 Å². The molecule has 2 rings (SSSR count). The molecule has 1 N–H and O–H groups in total. The minimum Gasteiger partial charge on any atom is -0.459 e. The highest BCUT2D eigenvalue weighted by molar-refractivity contribution is 6.74. The Labute approximate surface area is 211 Å². The molecule has 192 valence electrons. The molecule has 0 heterocycles. The zero-order valence-corrected chi connectivity index (χ0v) is 23.4. The number of para-hydroxylation sites is 1. The third-order valence-electron chi connectivity index (χ3n) is 6.57. The first kappa shape index (κ1) is 28.6. The molecule has 0 aliphatic heterocycles. The Morgan fingerprint density at radius 1 is 0.914 bits per heavy atom. The van der Waals surface area contributed by atoms with E-state index >= 15 is 0 Å². The van der Waals surface area contributed by atoms with E-state index in [2.05, 4.69) is 39.2 Å². The van der Waals surface area contributed by atoms with Gasteiger partial charge in [-0.3, -0.25) is 0 Å². The van der Waals surface area contributed by atoms with E-state index in [9.17, 15) is 9.59 Å². The lowest BCUT2D eigenvalue weighted by Gasteiger charge is -2.41. The van der Waals surface area contributed by atoms with Gasteiger partial charge in [-0.15, -0.1) is 0 Å². The van der Waals surface area contributed by atoms with Gasteiger partial charge in [0.2, 0.25) is 0 Å². The number of carbonyl (C=O) groups is 2. The number of carbonyl (C=O) groups excluding carboxylic acids is 2. The molecule has 0 aromatic heterocycles. The SMILES string of the molecule is CC(CC(C)(C)C(NC(=O)Oc1ccccc1)C(=O)OCc1ccccc1)O[Si](C)(C)C(C)(C)C. The van der Waals surface area contributed by atoms with Crippen molar-refractivity contribution in [2.45, 2.75) is 84.8 Å². The fourth-order valence-electron chi connectivity index (χ4n) is 3.71. The van der Waals surface area contributed by atoms with Crippen molar-refractivity contribution in [2.24, 2.45) is 5.41 Å². The first-order chi connectivity index (χ1) is 16.2. The van der Waals surface area contributed by atoms with Crippen molar-refractivity contribution in [3.05, 3.63) is 66.2 Å². The Hall–Kier alpha value is -2.64. The quantitative estimate of drug-likeness (QED) is 0.290. The van der Waals surface area contributed by atoms with Crippen LogP contribution in [0.3, 0.4) is 0 Å². The van der Waals surface area contributed by atoms with Crippen LogP contribution in [0, 0.1) is 5.41 Å². The number of rotatable bonds is 10. The van der Waals surface area contributed by atoms with E-state index in [4.69, 9.17) is 13.9 Å². The van der Waals surface area contributed by atoms with Crippen molar-refractivity contribution in [2.75, 3.05) is 0 Å². The van der Waals surface area contributed by atoms with Crippen molar-refractivity contribution in [3.8, 4) is 5.75 Å². The summed E-state index contributed by atoms with van der Waals surface area (Å²) in [6.45, 7) is 17.0. The standard InChI is InChI=1S/C28H41NO5Si/c1-21(34-35(7,8)27(2,3)4)19-28(5,6)24(25(30)32-20-22-15-11-9-12-16-22)29-26(31)33-23-17-13-10-14-18-23/h9-18,21,24H,19-20H2,1-8H3,(H,29,31). The van der Waals surface area contributed by atoms with Crippen LogP contribution in [0.4, 0.5) is 4.79 Å². The molecule has 0 saturated carbocycles. The minimum absolute atomic E-state index is 0.0666. The van der Waals surface area contributed by atoms with Gasteiger partial charge >= 0.3 is 12.1 Å².